The summed E-state index contributed by atoms with van der Waals surface area (Å²) in [4.78, 5) is 14.5. The van der Waals surface area contributed by atoms with Crippen LogP contribution in [0.2, 0.25) is 5.02 Å². The van der Waals surface area contributed by atoms with E-state index in [2.05, 4.69) is 22.9 Å². The van der Waals surface area contributed by atoms with Gasteiger partial charge in [0.05, 0.1) is 0 Å². The third-order valence-electron chi connectivity index (χ3n) is 3.94. The van der Waals surface area contributed by atoms with Crippen molar-refractivity contribution in [2.75, 3.05) is 13.1 Å². The van der Waals surface area contributed by atoms with E-state index < -0.39 is 0 Å². The Morgan fingerprint density at radius 2 is 2.15 bits per heavy atom. The van der Waals surface area contributed by atoms with Gasteiger partial charge in [-0.05, 0) is 43.4 Å². The van der Waals surface area contributed by atoms with Gasteiger partial charge >= 0.3 is 0 Å². The molecule has 1 aliphatic heterocycles. The number of carbonyl (C=O) groups excluding carboxylic acids is 1. The van der Waals surface area contributed by atoms with Gasteiger partial charge in [-0.15, -0.1) is 0 Å². The lowest BCUT2D eigenvalue weighted by atomic mass is 9.96. The standard InChI is InChI=1S/C16H21BrClNO/c1-2-4-12-5-3-7-19(8-6-12)16(20)13-9-14(17)11-15(18)10-13/h9-12H,2-8H2,1H3. The molecule has 0 bridgehead atoms. The van der Waals surface area contributed by atoms with E-state index in [1.54, 1.807) is 12.1 Å². The van der Waals surface area contributed by atoms with E-state index >= 15 is 0 Å². The molecule has 1 unspecified atom stereocenters. The van der Waals surface area contributed by atoms with Crippen molar-refractivity contribution in [3.63, 3.8) is 0 Å². The molecule has 0 spiro atoms. The zero-order valence-corrected chi connectivity index (χ0v) is 14.2. The van der Waals surface area contributed by atoms with Gasteiger partial charge in [-0.25, -0.2) is 0 Å². The fraction of sp³-hybridized carbons (Fsp3) is 0.562. The first-order valence-electron chi connectivity index (χ1n) is 7.35. The van der Waals surface area contributed by atoms with Crippen LogP contribution in [0.5, 0.6) is 0 Å². The number of carbonyl (C=O) groups is 1. The van der Waals surface area contributed by atoms with Crippen LogP contribution in [-0.4, -0.2) is 23.9 Å². The molecule has 0 N–H and O–H groups in total. The van der Waals surface area contributed by atoms with E-state index in [9.17, 15) is 4.79 Å². The Morgan fingerprint density at radius 3 is 2.85 bits per heavy atom. The minimum atomic E-state index is 0.102. The second-order valence-electron chi connectivity index (χ2n) is 5.54. The lowest BCUT2D eigenvalue weighted by Gasteiger charge is -2.21. The zero-order chi connectivity index (χ0) is 14.5. The Balaban J connectivity index is 2.05. The summed E-state index contributed by atoms with van der Waals surface area (Å²) in [6, 6.07) is 5.41. The Kier molecular flexibility index (Phi) is 5.91. The maximum atomic E-state index is 12.6. The number of benzene rings is 1. The number of likely N-dealkylation sites (tertiary alicyclic amines) is 1. The fourth-order valence-corrected chi connectivity index (χ4v) is 3.79. The minimum absolute atomic E-state index is 0.102. The fourth-order valence-electron chi connectivity index (χ4n) is 2.93. The summed E-state index contributed by atoms with van der Waals surface area (Å²) in [5, 5.41) is 0.599. The van der Waals surface area contributed by atoms with Gasteiger partial charge in [0.2, 0.25) is 0 Å². The number of hydrogen-bond acceptors (Lipinski definition) is 1. The molecule has 1 heterocycles. The van der Waals surface area contributed by atoms with Crippen LogP contribution in [0.15, 0.2) is 22.7 Å². The smallest absolute Gasteiger partial charge is 0.253 e. The highest BCUT2D eigenvalue weighted by molar-refractivity contribution is 9.10. The number of nitrogens with zero attached hydrogens (tertiary/aromatic N) is 1. The Labute approximate surface area is 134 Å². The summed E-state index contributed by atoms with van der Waals surface area (Å²) in [5.41, 5.74) is 0.679. The topological polar surface area (TPSA) is 20.3 Å². The Bertz CT molecular complexity index is 457. The summed E-state index contributed by atoms with van der Waals surface area (Å²) in [5.74, 6) is 0.884. The predicted molar refractivity (Wildman–Crippen MR) is 87.3 cm³/mol. The predicted octanol–water partition coefficient (Wildman–Crippen LogP) is 5.14. The van der Waals surface area contributed by atoms with Gasteiger partial charge in [-0.1, -0.05) is 47.3 Å². The maximum Gasteiger partial charge on any atom is 0.253 e. The van der Waals surface area contributed by atoms with Crippen molar-refractivity contribution in [1.82, 2.24) is 4.90 Å². The number of halogens is 2. The third-order valence-corrected chi connectivity index (χ3v) is 4.62. The molecule has 0 aliphatic carbocycles. The SMILES string of the molecule is CCCC1CCCN(C(=O)c2cc(Cl)cc(Br)c2)CC1. The molecule has 1 amide bonds. The summed E-state index contributed by atoms with van der Waals surface area (Å²) < 4.78 is 0.854. The van der Waals surface area contributed by atoms with Crippen LogP contribution >= 0.6 is 27.5 Å². The molecule has 0 aromatic heterocycles. The third kappa shape index (κ3) is 4.23. The molecule has 20 heavy (non-hydrogen) atoms. The minimum Gasteiger partial charge on any atom is -0.339 e. The molecule has 1 aliphatic rings. The Hall–Kier alpha value is -0.540. The maximum absolute atomic E-state index is 12.6. The van der Waals surface area contributed by atoms with E-state index in [1.807, 2.05) is 11.0 Å². The zero-order valence-electron chi connectivity index (χ0n) is 11.9. The van der Waals surface area contributed by atoms with Crippen molar-refractivity contribution in [3.8, 4) is 0 Å². The van der Waals surface area contributed by atoms with Crippen LogP contribution in [0.25, 0.3) is 0 Å². The van der Waals surface area contributed by atoms with Gasteiger partial charge < -0.3 is 4.90 Å². The number of hydrogen-bond donors (Lipinski definition) is 0. The lowest BCUT2D eigenvalue weighted by Crippen LogP contribution is -2.32. The van der Waals surface area contributed by atoms with Gasteiger partial charge in [0.1, 0.15) is 0 Å². The van der Waals surface area contributed by atoms with Gasteiger partial charge in [0.25, 0.3) is 5.91 Å². The van der Waals surface area contributed by atoms with E-state index in [-0.39, 0.29) is 5.91 Å². The molecule has 110 valence electrons. The van der Waals surface area contributed by atoms with Gasteiger partial charge in [0, 0.05) is 28.1 Å². The number of rotatable bonds is 3. The van der Waals surface area contributed by atoms with Crippen molar-refractivity contribution in [2.45, 2.75) is 39.0 Å². The molecule has 1 saturated heterocycles. The van der Waals surface area contributed by atoms with Crippen LogP contribution in [0.3, 0.4) is 0 Å². The average molecular weight is 359 g/mol. The first kappa shape index (κ1) is 15.8. The van der Waals surface area contributed by atoms with E-state index in [4.69, 9.17) is 11.6 Å². The van der Waals surface area contributed by atoms with Gasteiger partial charge in [0.15, 0.2) is 0 Å². The molecule has 0 saturated carbocycles. The van der Waals surface area contributed by atoms with Gasteiger partial charge in [-0.2, -0.15) is 0 Å². The van der Waals surface area contributed by atoms with Crippen LogP contribution in [0.1, 0.15) is 49.4 Å². The molecule has 2 rings (SSSR count). The van der Waals surface area contributed by atoms with Crippen molar-refractivity contribution < 1.29 is 4.79 Å². The van der Waals surface area contributed by atoms with E-state index in [1.165, 1.54) is 19.3 Å². The van der Waals surface area contributed by atoms with Crippen LogP contribution in [0, 0.1) is 5.92 Å². The number of amides is 1. The summed E-state index contributed by atoms with van der Waals surface area (Å²) in [7, 11) is 0. The largest absolute Gasteiger partial charge is 0.339 e. The lowest BCUT2D eigenvalue weighted by molar-refractivity contribution is 0.0760. The molecular formula is C16H21BrClNO. The summed E-state index contributed by atoms with van der Waals surface area (Å²) in [6.07, 6.45) is 6.00. The molecule has 1 atom stereocenters. The van der Waals surface area contributed by atoms with Crippen molar-refractivity contribution in [3.05, 3.63) is 33.3 Å². The highest BCUT2D eigenvalue weighted by atomic mass is 79.9. The average Bonchev–Trinajstić information content (AvgIpc) is 2.63. The summed E-state index contributed by atoms with van der Waals surface area (Å²) in [6.45, 7) is 3.97. The highest BCUT2D eigenvalue weighted by Gasteiger charge is 2.21. The molecule has 0 radical (unpaired) electrons. The quantitative estimate of drug-likeness (QED) is 0.732. The summed E-state index contributed by atoms with van der Waals surface area (Å²) >= 11 is 9.42. The molecule has 4 heteroatoms. The van der Waals surface area contributed by atoms with Crippen LogP contribution in [0.4, 0.5) is 0 Å². The first-order valence-corrected chi connectivity index (χ1v) is 8.52. The van der Waals surface area contributed by atoms with Crippen molar-refractivity contribution >= 4 is 33.4 Å². The van der Waals surface area contributed by atoms with Crippen LogP contribution < -0.4 is 0 Å². The monoisotopic (exact) mass is 357 g/mol. The van der Waals surface area contributed by atoms with Crippen LogP contribution in [-0.2, 0) is 0 Å². The molecule has 1 aromatic rings. The van der Waals surface area contributed by atoms with E-state index in [0.29, 0.717) is 10.6 Å². The van der Waals surface area contributed by atoms with Crippen molar-refractivity contribution in [2.24, 2.45) is 5.92 Å². The normalized spacial score (nSPS) is 19.8. The second kappa shape index (κ2) is 7.46. The van der Waals surface area contributed by atoms with Gasteiger partial charge in [-0.3, -0.25) is 4.79 Å². The molecule has 1 aromatic carbocycles. The Morgan fingerprint density at radius 1 is 1.35 bits per heavy atom. The molecular weight excluding hydrogens is 338 g/mol. The first-order chi connectivity index (χ1) is 9.60. The molecule has 2 nitrogen and oxygen atoms in total. The van der Waals surface area contributed by atoms with Crippen molar-refractivity contribution in [1.29, 1.82) is 0 Å². The molecule has 1 fully saturated rings. The second-order valence-corrected chi connectivity index (χ2v) is 6.89. The highest BCUT2D eigenvalue weighted by Crippen LogP contribution is 2.25. The van der Waals surface area contributed by atoms with E-state index in [0.717, 1.165) is 36.3 Å².